The first-order valence-electron chi connectivity index (χ1n) is 33.1. The molecular formula is C62H102N14O25W. The van der Waals surface area contributed by atoms with Gasteiger partial charge in [-0.05, 0) is 56.4 Å². The number of nitrogens with zero attached hydrogens (tertiary/aromatic N) is 3. The van der Waals surface area contributed by atoms with E-state index in [1.165, 1.54) is 7.05 Å². The molecule has 6 heterocycles. The molecule has 27 N–H and O–H groups in total. The van der Waals surface area contributed by atoms with Crippen molar-refractivity contribution >= 4 is 18.1 Å². The van der Waals surface area contributed by atoms with Gasteiger partial charge in [-0.3, -0.25) is 4.79 Å². The zero-order valence-corrected chi connectivity index (χ0v) is 58.5. The number of benzene rings is 2. The molecule has 6 aliphatic heterocycles. The van der Waals surface area contributed by atoms with E-state index in [1.807, 2.05) is 12.1 Å². The van der Waals surface area contributed by atoms with Crippen molar-refractivity contribution in [2.75, 3.05) is 33.9 Å². The number of aliphatic hydroxyl groups is 10. The summed E-state index contributed by atoms with van der Waals surface area (Å²) in [5.41, 5.74) is 46.8. The van der Waals surface area contributed by atoms with Crippen LogP contribution in [0.15, 0.2) is 65.8 Å². The molecule has 2 saturated carbocycles. The van der Waals surface area contributed by atoms with E-state index in [0.717, 1.165) is 11.1 Å². The Bertz CT molecular complexity index is 2960. The Hall–Kier alpha value is -4.67. The van der Waals surface area contributed by atoms with Crippen LogP contribution in [0.2, 0.25) is 0 Å². The van der Waals surface area contributed by atoms with Gasteiger partial charge in [-0.2, -0.15) is 0 Å². The van der Waals surface area contributed by atoms with Crippen LogP contribution in [-0.2, 0) is 95.9 Å². The number of azide groups is 1. The van der Waals surface area contributed by atoms with Gasteiger partial charge in [0.25, 0.3) is 0 Å². The average Bonchev–Trinajstić information content (AvgIpc) is 0.769. The van der Waals surface area contributed by atoms with Gasteiger partial charge in [0.15, 0.2) is 37.7 Å². The fraction of sp³-hybridized carbons (Fsp3) is 0.758. The van der Waals surface area contributed by atoms with Gasteiger partial charge in [0.2, 0.25) is 5.91 Å². The second-order valence-electron chi connectivity index (χ2n) is 26.2. The fourth-order valence-electron chi connectivity index (χ4n) is 13.8. The standard InChI is InChI=1S/C38H53N7O14.C23H45N7O11.CH4.W/c1-18-13-23-33(30(49)27(41-2)35(55-23)59-36-31(50)29(48)25(39)24(15-46)56-36)58-34(18)57-32-22(43-38(52)54-17-20-11-7-4-8-12-20)14-21(28(47)26(32)44-45-40)42-37(51)53-16-19-9-5-3-6-10-19;1-29-14-17(35)20-9(3-8(27)21(40-20)39-19-7(26)2-6(25)15(33)12(19)28)37-22(14)41-23-18(36)16(34)13(10(5-31)38-23)30-11(32)4-24;;/h3-12,18,21-36,41,46-50H,13-17,39H2,1-2H3,(H,42,51)(H,43,52);6-10,12-23,29,31,33-36H,2-5,24-28H2,1H3,(H,30,32);1H4;/t18-,21+,22?,23-,24?,25+,26+,27?,28?,29-,30?,31?,32+,33?,34-,35?,36+;6-,7?,8+,9+,10?,12-,13-,14?,15?,16+,17?,18?,19-,20?,21+,22?,23-;;/m01../s1. The summed E-state index contributed by atoms with van der Waals surface area (Å²) < 4.78 is 71.1. The fourth-order valence-corrected chi connectivity index (χ4v) is 13.8. The normalized spacial score (nSPS) is 42.5. The Labute approximate surface area is 602 Å². The van der Waals surface area contributed by atoms with Crippen LogP contribution in [0.4, 0.5) is 9.59 Å². The molecule has 0 spiro atoms. The summed E-state index contributed by atoms with van der Waals surface area (Å²) in [5.74, 6) is -1.10. The topological polar surface area (TPSA) is 629 Å². The first kappa shape index (κ1) is 84.6. The number of carbonyl (C=O) groups excluding carboxylic acids is 3. The van der Waals surface area contributed by atoms with Crippen molar-refractivity contribution in [1.82, 2.24) is 26.6 Å². The number of aliphatic hydroxyl groups excluding tert-OH is 10. The number of hydrogen-bond donors (Lipinski definition) is 21. The van der Waals surface area contributed by atoms with Gasteiger partial charge in [0, 0.05) is 44.0 Å². The minimum Gasteiger partial charge on any atom is -0.445 e. The molecule has 0 aromatic heterocycles. The smallest absolute Gasteiger partial charge is 0.407 e. The van der Waals surface area contributed by atoms with Crippen LogP contribution < -0.4 is 61.0 Å². The number of fused-ring (bicyclic) bond motifs is 2. The molecule has 8 fully saturated rings. The molecule has 40 heteroatoms. The van der Waals surface area contributed by atoms with Crippen molar-refractivity contribution in [3.8, 4) is 0 Å². The predicted octanol–water partition coefficient (Wildman–Crippen LogP) is -7.62. The molecule has 0 radical (unpaired) electrons. The Kier molecular flexibility index (Phi) is 32.1. The third-order valence-corrected chi connectivity index (χ3v) is 19.4. The van der Waals surface area contributed by atoms with E-state index >= 15 is 0 Å². The van der Waals surface area contributed by atoms with Crippen LogP contribution >= 0.6 is 0 Å². The summed E-state index contributed by atoms with van der Waals surface area (Å²) in [5, 5.41) is 124. The van der Waals surface area contributed by atoms with Gasteiger partial charge in [-0.25, -0.2) is 9.59 Å². The van der Waals surface area contributed by atoms with E-state index in [9.17, 15) is 71.0 Å². The van der Waals surface area contributed by atoms with Crippen molar-refractivity contribution in [3.05, 3.63) is 82.2 Å². The van der Waals surface area contributed by atoms with Gasteiger partial charge < -0.3 is 169 Å². The molecule has 2 aromatic carbocycles. The van der Waals surface area contributed by atoms with Crippen LogP contribution in [0.25, 0.3) is 10.4 Å². The molecule has 34 atom stereocenters. The first-order valence-corrected chi connectivity index (χ1v) is 33.1. The number of likely N-dealkylation sites (N-methyl/N-ethyl adjacent to an activating group) is 2. The number of amides is 3. The van der Waals surface area contributed by atoms with Gasteiger partial charge in [-0.15, -0.1) is 0 Å². The molecule has 16 unspecified atom stereocenters. The average molecular weight is 1630 g/mol. The molecule has 6 saturated heterocycles. The predicted molar refractivity (Wildman–Crippen MR) is 347 cm³/mol. The third kappa shape index (κ3) is 19.9. The number of alkyl carbamates (subject to hydrolysis) is 2. The Morgan fingerprint density at radius 2 is 1.03 bits per heavy atom. The number of ether oxygens (including phenoxy) is 12. The molecule has 2 aliphatic carbocycles. The second kappa shape index (κ2) is 38.7. The minimum atomic E-state index is -1.66. The van der Waals surface area contributed by atoms with Crippen molar-refractivity contribution in [1.29, 1.82) is 0 Å². The van der Waals surface area contributed by atoms with E-state index in [1.54, 1.807) is 62.5 Å². The van der Waals surface area contributed by atoms with Crippen molar-refractivity contribution in [2.45, 2.75) is 255 Å². The number of rotatable bonds is 21. The summed E-state index contributed by atoms with van der Waals surface area (Å²) in [6, 6.07) is 7.50. The van der Waals surface area contributed by atoms with E-state index in [0.29, 0.717) is 0 Å². The maximum absolute atomic E-state index is 13.3. The third-order valence-electron chi connectivity index (χ3n) is 19.4. The van der Waals surface area contributed by atoms with Gasteiger partial charge in [-0.1, -0.05) is 80.1 Å². The second-order valence-corrected chi connectivity index (χ2v) is 26.2. The molecule has 0 bridgehead atoms. The maximum Gasteiger partial charge on any atom is 0.407 e. The van der Waals surface area contributed by atoms with Crippen molar-refractivity contribution in [3.63, 3.8) is 0 Å². The molecular weight excluding hydrogens is 1520 g/mol. The summed E-state index contributed by atoms with van der Waals surface area (Å²) in [6.45, 7) is 0.124. The summed E-state index contributed by atoms with van der Waals surface area (Å²) >= 11 is 0. The van der Waals surface area contributed by atoms with Crippen LogP contribution in [0.1, 0.15) is 51.2 Å². The van der Waals surface area contributed by atoms with Gasteiger partial charge in [0.1, 0.15) is 74.3 Å². The van der Waals surface area contributed by atoms with E-state index in [4.69, 9.17) is 91.2 Å². The maximum atomic E-state index is 13.3. The Balaban J connectivity index is 0.000000298. The summed E-state index contributed by atoms with van der Waals surface area (Å²) in [7, 11) is 3.08. The first-order chi connectivity index (χ1) is 47.8. The van der Waals surface area contributed by atoms with E-state index < -0.39 is 239 Å². The molecule has 3 amide bonds. The van der Waals surface area contributed by atoms with Crippen LogP contribution in [0.5, 0.6) is 0 Å². The Morgan fingerprint density at radius 1 is 0.529 bits per heavy atom. The molecule has 2 aromatic rings. The van der Waals surface area contributed by atoms with E-state index in [-0.39, 0.29) is 73.9 Å². The van der Waals surface area contributed by atoms with Gasteiger partial charge >= 0.3 is 12.2 Å². The zero-order valence-electron chi connectivity index (χ0n) is 55.6. The SMILES string of the molecule is C.CNC1C(O[C@H]2OC(CO)[C@@H](N)[C@H](O)C2O)O[C@H]2C[C@H](C)[C@@H](O[C@@H]3C(NC(=O)OCc4ccccc4)C[C@@H](NC(=O)OCc4ccccc4)C(O)[C@H]3N=[N+]=[N-])OC2C1O.CNC1C(O[C@H]2OC(CO)[C@@H](NC(=O)CN)[C@H](O)C2O)O[C@H]2C[C@H](N)[C@@H](O[C@@H]3C(N)C[C@@H](N)C(O)[C@H]3N)OC2C1O.[W]. The largest absolute Gasteiger partial charge is 0.445 e. The number of nitrogens with two attached hydrogens (primary N) is 6. The quantitative estimate of drug-likeness (QED) is 0.0314. The van der Waals surface area contributed by atoms with Crippen LogP contribution in [0.3, 0.4) is 0 Å². The molecule has 39 nitrogen and oxygen atoms in total. The molecule has 10 rings (SSSR count). The molecule has 576 valence electrons. The summed E-state index contributed by atoms with van der Waals surface area (Å²) in [4.78, 5) is 40.9. The number of nitrogens with one attached hydrogen (secondary N) is 5. The van der Waals surface area contributed by atoms with Crippen LogP contribution in [-0.4, -0.2) is 305 Å². The number of carbonyl (C=O) groups is 3. The van der Waals surface area contributed by atoms with Crippen molar-refractivity contribution < 1.29 is 143 Å². The Morgan fingerprint density at radius 3 is 1.55 bits per heavy atom. The summed E-state index contributed by atoms with van der Waals surface area (Å²) in [6.07, 6.45) is -27.9. The van der Waals surface area contributed by atoms with Gasteiger partial charge in [0.05, 0.1) is 111 Å². The molecule has 8 aliphatic rings. The van der Waals surface area contributed by atoms with Crippen LogP contribution in [0, 0.1) is 5.92 Å². The van der Waals surface area contributed by atoms with Crippen molar-refractivity contribution in [2.24, 2.45) is 45.4 Å². The van der Waals surface area contributed by atoms with E-state index in [2.05, 4.69) is 36.6 Å². The monoisotopic (exact) mass is 1630 g/mol. The zero-order chi connectivity index (χ0) is 72.4. The molecule has 102 heavy (non-hydrogen) atoms. The number of hydrogen-bond acceptors (Lipinski definition) is 34. The minimum absolute atomic E-state index is 0.